The molecule has 3 rings (SSSR count). The molecule has 174 valence electrons. The molecule has 0 fully saturated rings. The number of benzene rings is 3. The van der Waals surface area contributed by atoms with Gasteiger partial charge in [0, 0.05) is 11.1 Å². The Morgan fingerprint density at radius 2 is 0.971 bits per heavy atom. The van der Waals surface area contributed by atoms with Gasteiger partial charge in [-0.05, 0) is 65.7 Å². The Bertz CT molecular complexity index is 1150. The minimum atomic E-state index is -0.162. The second-order valence-corrected chi connectivity index (χ2v) is 7.20. The number of ketones is 2. The Balaban J connectivity index is 1.72. The molecule has 34 heavy (non-hydrogen) atoms. The number of hydrogen-bond donors (Lipinski definition) is 0. The zero-order valence-corrected chi connectivity index (χ0v) is 19.5. The normalized spacial score (nSPS) is 10.9. The Morgan fingerprint density at radius 1 is 0.559 bits per heavy atom. The van der Waals surface area contributed by atoms with Crippen LogP contribution in [0.3, 0.4) is 0 Å². The third kappa shape index (κ3) is 5.92. The SMILES string of the molecule is COc1ccc(C(=O)/C=C/c2cccc(/C=C/C(=O)c3ccc(OC)c(OC)c3)c2)cc1OC. The number of carbonyl (C=O) groups excluding carboxylic acids is 2. The lowest BCUT2D eigenvalue weighted by atomic mass is 10.1. The second-order valence-electron chi connectivity index (χ2n) is 7.20. The lowest BCUT2D eigenvalue weighted by Crippen LogP contribution is -1.97. The molecule has 3 aromatic rings. The molecule has 0 saturated heterocycles. The Hall–Kier alpha value is -4.32. The maximum absolute atomic E-state index is 12.6. The highest BCUT2D eigenvalue weighted by atomic mass is 16.5. The molecule has 0 atom stereocenters. The molecule has 0 aliphatic heterocycles. The van der Waals surface area contributed by atoms with Crippen molar-refractivity contribution in [2.75, 3.05) is 28.4 Å². The van der Waals surface area contributed by atoms with Gasteiger partial charge in [0.15, 0.2) is 34.6 Å². The predicted molar refractivity (Wildman–Crippen MR) is 132 cm³/mol. The smallest absolute Gasteiger partial charge is 0.185 e. The summed E-state index contributed by atoms with van der Waals surface area (Å²) in [5.41, 5.74) is 2.64. The van der Waals surface area contributed by atoms with Gasteiger partial charge in [-0.3, -0.25) is 9.59 Å². The highest BCUT2D eigenvalue weighted by molar-refractivity contribution is 6.08. The van der Waals surface area contributed by atoms with Crippen LogP contribution in [0.15, 0.2) is 72.8 Å². The molecule has 0 spiro atoms. The number of hydrogen-bond acceptors (Lipinski definition) is 6. The minimum Gasteiger partial charge on any atom is -0.493 e. The first-order chi connectivity index (χ1) is 16.5. The predicted octanol–water partition coefficient (Wildman–Crippen LogP) is 5.51. The van der Waals surface area contributed by atoms with Crippen LogP contribution in [0.4, 0.5) is 0 Å². The van der Waals surface area contributed by atoms with Gasteiger partial charge in [0.05, 0.1) is 28.4 Å². The number of allylic oxidation sites excluding steroid dienone is 2. The maximum Gasteiger partial charge on any atom is 0.185 e. The Kier molecular flexibility index (Phi) is 8.24. The molecular formula is C28H26O6. The van der Waals surface area contributed by atoms with Crippen LogP contribution in [0.25, 0.3) is 12.2 Å². The molecule has 0 heterocycles. The molecule has 3 aromatic carbocycles. The summed E-state index contributed by atoms with van der Waals surface area (Å²) < 4.78 is 20.9. The van der Waals surface area contributed by atoms with Crippen molar-refractivity contribution in [3.8, 4) is 23.0 Å². The molecule has 0 bridgehead atoms. The van der Waals surface area contributed by atoms with Crippen LogP contribution >= 0.6 is 0 Å². The van der Waals surface area contributed by atoms with Crippen molar-refractivity contribution in [1.82, 2.24) is 0 Å². The number of ether oxygens (including phenoxy) is 4. The first-order valence-electron chi connectivity index (χ1n) is 10.5. The molecule has 0 amide bonds. The van der Waals surface area contributed by atoms with Gasteiger partial charge in [0.1, 0.15) is 0 Å². The van der Waals surface area contributed by atoms with Gasteiger partial charge in [-0.15, -0.1) is 0 Å². The molecule has 0 aliphatic carbocycles. The molecule has 6 heteroatoms. The van der Waals surface area contributed by atoms with E-state index < -0.39 is 0 Å². The monoisotopic (exact) mass is 458 g/mol. The summed E-state index contributed by atoms with van der Waals surface area (Å²) in [6, 6.07) is 17.6. The van der Waals surface area contributed by atoms with E-state index in [2.05, 4.69) is 0 Å². The van der Waals surface area contributed by atoms with E-state index in [-0.39, 0.29) is 11.6 Å². The van der Waals surface area contributed by atoms with Crippen molar-refractivity contribution in [2.24, 2.45) is 0 Å². The average Bonchev–Trinajstić information content (AvgIpc) is 2.89. The molecule has 0 radical (unpaired) electrons. The van der Waals surface area contributed by atoms with E-state index in [4.69, 9.17) is 18.9 Å². The van der Waals surface area contributed by atoms with Gasteiger partial charge in [0.2, 0.25) is 0 Å². The van der Waals surface area contributed by atoms with E-state index in [1.165, 1.54) is 26.4 Å². The summed E-state index contributed by atoms with van der Waals surface area (Å²) in [5, 5.41) is 0. The number of methoxy groups -OCH3 is 4. The highest BCUT2D eigenvalue weighted by Crippen LogP contribution is 2.29. The van der Waals surface area contributed by atoms with Gasteiger partial charge in [-0.25, -0.2) is 0 Å². The van der Waals surface area contributed by atoms with Crippen molar-refractivity contribution in [2.45, 2.75) is 0 Å². The molecule has 0 N–H and O–H groups in total. The van der Waals surface area contributed by atoms with Crippen molar-refractivity contribution in [3.63, 3.8) is 0 Å². The van der Waals surface area contributed by atoms with E-state index >= 15 is 0 Å². The van der Waals surface area contributed by atoms with Crippen LogP contribution in [-0.4, -0.2) is 40.0 Å². The fraction of sp³-hybridized carbons (Fsp3) is 0.143. The molecule has 0 aromatic heterocycles. The minimum absolute atomic E-state index is 0.162. The largest absolute Gasteiger partial charge is 0.493 e. The fourth-order valence-corrected chi connectivity index (χ4v) is 3.28. The highest BCUT2D eigenvalue weighted by Gasteiger charge is 2.10. The zero-order chi connectivity index (χ0) is 24.5. The van der Waals surface area contributed by atoms with Gasteiger partial charge in [-0.1, -0.05) is 30.4 Å². The van der Waals surface area contributed by atoms with Crippen LogP contribution in [0.2, 0.25) is 0 Å². The molecule has 0 aliphatic rings. The van der Waals surface area contributed by atoms with Crippen LogP contribution < -0.4 is 18.9 Å². The summed E-state index contributed by atoms with van der Waals surface area (Å²) >= 11 is 0. The van der Waals surface area contributed by atoms with Crippen LogP contribution in [0.5, 0.6) is 23.0 Å². The Labute approximate surface area is 199 Å². The van der Waals surface area contributed by atoms with E-state index in [0.717, 1.165) is 11.1 Å². The topological polar surface area (TPSA) is 71.1 Å². The first kappa shape index (κ1) is 24.3. The van der Waals surface area contributed by atoms with E-state index in [1.807, 2.05) is 24.3 Å². The van der Waals surface area contributed by atoms with E-state index in [0.29, 0.717) is 34.1 Å². The van der Waals surface area contributed by atoms with Gasteiger partial charge in [-0.2, -0.15) is 0 Å². The van der Waals surface area contributed by atoms with Crippen molar-refractivity contribution in [3.05, 3.63) is 95.1 Å². The second kappa shape index (κ2) is 11.5. The summed E-state index contributed by atoms with van der Waals surface area (Å²) in [7, 11) is 6.14. The standard InChI is InChI=1S/C28H26O6/c1-31-25-14-10-21(17-27(25)33-3)23(29)12-8-19-6-5-7-20(16-19)9-13-24(30)22-11-15-26(32-2)28(18-22)34-4/h5-18H,1-4H3/b12-8+,13-9+. The van der Waals surface area contributed by atoms with Crippen molar-refractivity contribution in [1.29, 1.82) is 0 Å². The first-order valence-corrected chi connectivity index (χ1v) is 10.5. The quantitative estimate of drug-likeness (QED) is 0.295. The van der Waals surface area contributed by atoms with E-state index in [1.54, 1.807) is 62.8 Å². The van der Waals surface area contributed by atoms with Gasteiger partial charge in [0.25, 0.3) is 0 Å². The molecule has 0 saturated carbocycles. The summed E-state index contributed by atoms with van der Waals surface area (Å²) in [5.74, 6) is 1.78. The summed E-state index contributed by atoms with van der Waals surface area (Å²) in [4.78, 5) is 25.2. The van der Waals surface area contributed by atoms with Crippen molar-refractivity contribution >= 4 is 23.7 Å². The molecular weight excluding hydrogens is 432 g/mol. The third-order valence-corrected chi connectivity index (χ3v) is 5.10. The number of carbonyl (C=O) groups is 2. The molecule has 0 unspecified atom stereocenters. The maximum atomic E-state index is 12.6. The van der Waals surface area contributed by atoms with Gasteiger partial charge < -0.3 is 18.9 Å². The molecule has 6 nitrogen and oxygen atoms in total. The van der Waals surface area contributed by atoms with Crippen molar-refractivity contribution < 1.29 is 28.5 Å². The lowest BCUT2D eigenvalue weighted by molar-refractivity contribution is 0.103. The Morgan fingerprint density at radius 3 is 1.35 bits per heavy atom. The summed E-state index contributed by atoms with van der Waals surface area (Å²) in [6.45, 7) is 0. The van der Waals surface area contributed by atoms with Crippen LogP contribution in [-0.2, 0) is 0 Å². The van der Waals surface area contributed by atoms with Gasteiger partial charge >= 0.3 is 0 Å². The lowest BCUT2D eigenvalue weighted by Gasteiger charge is -2.08. The van der Waals surface area contributed by atoms with E-state index in [9.17, 15) is 9.59 Å². The van der Waals surface area contributed by atoms with Crippen LogP contribution in [0.1, 0.15) is 31.8 Å². The fourth-order valence-electron chi connectivity index (χ4n) is 3.28. The average molecular weight is 459 g/mol. The zero-order valence-electron chi connectivity index (χ0n) is 19.5. The number of rotatable bonds is 10. The third-order valence-electron chi connectivity index (χ3n) is 5.10. The van der Waals surface area contributed by atoms with Crippen LogP contribution in [0, 0.1) is 0 Å². The summed E-state index contributed by atoms with van der Waals surface area (Å²) in [6.07, 6.45) is 6.46.